The molecule has 2 aromatic rings. The maximum absolute atomic E-state index is 12.3. The average Bonchev–Trinajstić information content (AvgIpc) is 2.70. The first-order valence-electron chi connectivity index (χ1n) is 5.88. The van der Waals surface area contributed by atoms with E-state index in [0.29, 0.717) is 10.7 Å². The monoisotopic (exact) mass is 318 g/mol. The summed E-state index contributed by atoms with van der Waals surface area (Å²) in [5.41, 5.74) is 3.02. The lowest BCUT2D eigenvalue weighted by molar-refractivity contribution is -0.0328. The van der Waals surface area contributed by atoms with Gasteiger partial charge in [0, 0.05) is 16.4 Å². The highest BCUT2D eigenvalue weighted by molar-refractivity contribution is 8.00. The van der Waals surface area contributed by atoms with E-state index < -0.39 is 5.51 Å². The Morgan fingerprint density at radius 1 is 1.20 bits per heavy atom. The van der Waals surface area contributed by atoms with Gasteiger partial charge < -0.3 is 5.73 Å². The van der Waals surface area contributed by atoms with Gasteiger partial charge in [0.15, 0.2) is 0 Å². The molecule has 2 rings (SSSR count). The molecule has 0 aliphatic rings. The molecule has 0 radical (unpaired) electrons. The van der Waals surface area contributed by atoms with Crippen molar-refractivity contribution in [2.45, 2.75) is 30.2 Å². The summed E-state index contributed by atoms with van der Waals surface area (Å²) in [7, 11) is 0. The highest BCUT2D eigenvalue weighted by Crippen LogP contribution is 2.38. The molecule has 20 heavy (non-hydrogen) atoms. The van der Waals surface area contributed by atoms with Gasteiger partial charge in [0.05, 0.1) is 5.01 Å². The van der Waals surface area contributed by atoms with Gasteiger partial charge in [-0.1, -0.05) is 26.0 Å². The molecular formula is C13H13F3N2S2. The Morgan fingerprint density at radius 2 is 1.80 bits per heavy atom. The number of anilines is 1. The second kappa shape index (κ2) is 5.65. The summed E-state index contributed by atoms with van der Waals surface area (Å²) in [6.07, 6.45) is 0. The van der Waals surface area contributed by atoms with Crippen molar-refractivity contribution in [1.29, 1.82) is 0 Å². The van der Waals surface area contributed by atoms with E-state index in [0.717, 1.165) is 10.6 Å². The highest BCUT2D eigenvalue weighted by Gasteiger charge is 2.29. The lowest BCUT2D eigenvalue weighted by atomic mass is 10.1. The van der Waals surface area contributed by atoms with Crippen LogP contribution in [-0.4, -0.2) is 10.5 Å². The van der Waals surface area contributed by atoms with Crippen molar-refractivity contribution in [3.63, 3.8) is 0 Å². The Morgan fingerprint density at radius 3 is 2.25 bits per heavy atom. The van der Waals surface area contributed by atoms with Crippen LogP contribution in [0.25, 0.3) is 11.3 Å². The van der Waals surface area contributed by atoms with Gasteiger partial charge in [-0.2, -0.15) is 13.2 Å². The molecule has 0 fully saturated rings. The largest absolute Gasteiger partial charge is 0.446 e. The van der Waals surface area contributed by atoms with Crippen molar-refractivity contribution in [2.75, 3.05) is 5.73 Å². The quantitative estimate of drug-likeness (QED) is 0.798. The predicted octanol–water partition coefficient (Wildman–Crippen LogP) is 5.13. The summed E-state index contributed by atoms with van der Waals surface area (Å²) < 4.78 is 36.8. The van der Waals surface area contributed by atoms with Crippen molar-refractivity contribution in [3.05, 3.63) is 29.3 Å². The van der Waals surface area contributed by atoms with Crippen molar-refractivity contribution in [3.8, 4) is 11.3 Å². The van der Waals surface area contributed by atoms with Crippen LogP contribution in [0, 0.1) is 0 Å². The minimum Gasteiger partial charge on any atom is -0.389 e. The maximum Gasteiger partial charge on any atom is 0.446 e. The summed E-state index contributed by atoms with van der Waals surface area (Å²) >= 11 is 1.28. The molecule has 0 saturated heterocycles. The van der Waals surface area contributed by atoms with E-state index in [1.54, 1.807) is 12.1 Å². The topological polar surface area (TPSA) is 38.9 Å². The van der Waals surface area contributed by atoms with E-state index in [4.69, 9.17) is 5.73 Å². The van der Waals surface area contributed by atoms with Crippen molar-refractivity contribution in [2.24, 2.45) is 0 Å². The molecule has 1 aromatic heterocycles. The van der Waals surface area contributed by atoms with E-state index in [9.17, 15) is 13.2 Å². The maximum atomic E-state index is 12.3. The molecule has 2 nitrogen and oxygen atoms in total. The van der Waals surface area contributed by atoms with E-state index in [1.165, 1.54) is 23.5 Å². The Kier molecular flexibility index (Phi) is 4.29. The smallest absolute Gasteiger partial charge is 0.389 e. The van der Waals surface area contributed by atoms with Crippen LogP contribution in [0.5, 0.6) is 0 Å². The van der Waals surface area contributed by atoms with Crippen LogP contribution >= 0.6 is 23.1 Å². The molecule has 108 valence electrons. The number of benzene rings is 1. The number of hydrogen-bond acceptors (Lipinski definition) is 4. The fourth-order valence-corrected chi connectivity index (χ4v) is 3.01. The van der Waals surface area contributed by atoms with Gasteiger partial charge in [0.1, 0.15) is 10.7 Å². The van der Waals surface area contributed by atoms with Crippen LogP contribution in [0.4, 0.5) is 18.2 Å². The van der Waals surface area contributed by atoms with Crippen molar-refractivity contribution < 1.29 is 13.2 Å². The molecule has 0 spiro atoms. The van der Waals surface area contributed by atoms with Crippen LogP contribution in [-0.2, 0) is 0 Å². The van der Waals surface area contributed by atoms with Gasteiger partial charge in [-0.05, 0) is 23.9 Å². The molecule has 1 heterocycles. The number of alkyl halides is 3. The minimum absolute atomic E-state index is 0.130. The first-order chi connectivity index (χ1) is 9.26. The van der Waals surface area contributed by atoms with Crippen LogP contribution < -0.4 is 5.73 Å². The van der Waals surface area contributed by atoms with Gasteiger partial charge in [-0.3, -0.25) is 0 Å². The lowest BCUT2D eigenvalue weighted by Gasteiger charge is -2.06. The summed E-state index contributed by atoms with van der Waals surface area (Å²) in [4.78, 5) is 4.60. The van der Waals surface area contributed by atoms with Crippen molar-refractivity contribution in [1.82, 2.24) is 4.98 Å². The molecule has 0 aliphatic heterocycles. The zero-order valence-corrected chi connectivity index (χ0v) is 12.5. The normalized spacial score (nSPS) is 12.1. The second-order valence-electron chi connectivity index (χ2n) is 4.49. The first kappa shape index (κ1) is 15.2. The Bertz CT molecular complexity index is 589. The van der Waals surface area contributed by atoms with E-state index in [1.807, 2.05) is 13.8 Å². The first-order valence-corrected chi connectivity index (χ1v) is 7.52. The summed E-state index contributed by atoms with van der Waals surface area (Å²) in [6.45, 7) is 4.04. The SMILES string of the molecule is CC(C)c1nc(-c2ccc(SC(F)(F)F)cc2)c(N)s1. The van der Waals surface area contributed by atoms with Gasteiger partial charge in [-0.25, -0.2) is 4.98 Å². The zero-order chi connectivity index (χ0) is 14.9. The van der Waals surface area contributed by atoms with E-state index in [-0.39, 0.29) is 22.6 Å². The molecular weight excluding hydrogens is 305 g/mol. The van der Waals surface area contributed by atoms with E-state index >= 15 is 0 Å². The predicted molar refractivity (Wildman–Crippen MR) is 78.0 cm³/mol. The number of rotatable bonds is 3. The van der Waals surface area contributed by atoms with Crippen LogP contribution in [0.3, 0.4) is 0 Å². The molecule has 2 N–H and O–H groups in total. The molecule has 1 aromatic carbocycles. The number of nitrogen functional groups attached to an aromatic ring is 1. The van der Waals surface area contributed by atoms with E-state index in [2.05, 4.69) is 4.98 Å². The molecule has 7 heteroatoms. The average molecular weight is 318 g/mol. The Labute approximate surface area is 123 Å². The van der Waals surface area contributed by atoms with Crippen LogP contribution in [0.1, 0.15) is 24.8 Å². The van der Waals surface area contributed by atoms with Gasteiger partial charge in [0.2, 0.25) is 0 Å². The number of nitrogens with two attached hydrogens (primary N) is 1. The third-order valence-corrected chi connectivity index (χ3v) is 4.45. The summed E-state index contributed by atoms with van der Waals surface area (Å²) in [5.74, 6) is 0.274. The van der Waals surface area contributed by atoms with Crippen molar-refractivity contribution >= 4 is 28.1 Å². The molecule has 0 bridgehead atoms. The number of halogens is 3. The van der Waals surface area contributed by atoms with Crippen LogP contribution in [0.2, 0.25) is 0 Å². The number of thiazole rings is 1. The van der Waals surface area contributed by atoms with Gasteiger partial charge >= 0.3 is 5.51 Å². The fourth-order valence-electron chi connectivity index (χ4n) is 1.62. The molecule has 0 aliphatic carbocycles. The zero-order valence-electron chi connectivity index (χ0n) is 10.9. The summed E-state index contributed by atoms with van der Waals surface area (Å²) in [6, 6.07) is 6.09. The standard InChI is InChI=1S/C13H13F3N2S2/c1-7(2)12-18-10(11(17)19-12)8-3-5-9(6-4-8)20-13(14,15)16/h3-7H,17H2,1-2H3. The molecule has 0 unspecified atom stereocenters. The highest BCUT2D eigenvalue weighted by atomic mass is 32.2. The fraction of sp³-hybridized carbons (Fsp3) is 0.308. The second-order valence-corrected chi connectivity index (χ2v) is 6.69. The van der Waals surface area contributed by atoms with Gasteiger partial charge in [-0.15, -0.1) is 11.3 Å². The minimum atomic E-state index is -4.27. The third kappa shape index (κ3) is 3.67. The van der Waals surface area contributed by atoms with Crippen LogP contribution in [0.15, 0.2) is 29.2 Å². The molecule has 0 amide bonds. The third-order valence-electron chi connectivity index (χ3n) is 2.53. The Hall–Kier alpha value is -1.21. The molecule has 0 saturated carbocycles. The number of aromatic nitrogens is 1. The molecule has 0 atom stereocenters. The lowest BCUT2D eigenvalue weighted by Crippen LogP contribution is -1.98. The summed E-state index contributed by atoms with van der Waals surface area (Å²) in [5, 5.41) is 1.51. The number of thioether (sulfide) groups is 1. The number of hydrogen-bond donors (Lipinski definition) is 1. The Balaban J connectivity index is 2.26. The van der Waals surface area contributed by atoms with Gasteiger partial charge in [0.25, 0.3) is 0 Å². The number of nitrogens with zero attached hydrogens (tertiary/aromatic N) is 1.